The summed E-state index contributed by atoms with van der Waals surface area (Å²) in [5.41, 5.74) is 3.03. The summed E-state index contributed by atoms with van der Waals surface area (Å²) in [5.74, 6) is 0. The van der Waals surface area contributed by atoms with Crippen LogP contribution in [-0.4, -0.2) is 25.5 Å². The Labute approximate surface area is 123 Å². The van der Waals surface area contributed by atoms with Crippen LogP contribution in [0.2, 0.25) is 0 Å². The predicted molar refractivity (Wildman–Crippen MR) is 86.5 cm³/mol. The molecule has 104 valence electrons. The van der Waals surface area contributed by atoms with Crippen molar-refractivity contribution < 1.29 is 0 Å². The summed E-state index contributed by atoms with van der Waals surface area (Å²) < 4.78 is 3.16. The molecule has 0 spiro atoms. The molecule has 1 N–H and O–H groups in total. The van der Waals surface area contributed by atoms with Gasteiger partial charge in [0.1, 0.15) is 0 Å². The first-order chi connectivity index (χ1) is 9.05. The molecular formula is C14H21N3S2. The van der Waals surface area contributed by atoms with E-state index in [4.69, 9.17) is 12.2 Å². The van der Waals surface area contributed by atoms with E-state index in [9.17, 15) is 0 Å². The lowest BCUT2D eigenvalue weighted by Crippen LogP contribution is -2.29. The molecular weight excluding hydrogens is 274 g/mol. The molecule has 0 saturated carbocycles. The second-order valence-electron chi connectivity index (χ2n) is 4.93. The quantitative estimate of drug-likeness (QED) is 0.834. The van der Waals surface area contributed by atoms with Crippen LogP contribution in [0.25, 0.3) is 11.2 Å². The number of hydrogen-bond acceptors (Lipinski definition) is 3. The first-order valence-corrected chi connectivity index (χ1v) is 8.30. The molecule has 3 nitrogen and oxygen atoms in total. The topological polar surface area (TPSA) is 33.6 Å². The number of hydrogen-bond donors (Lipinski definition) is 1. The van der Waals surface area contributed by atoms with Crippen LogP contribution in [0.3, 0.4) is 0 Å². The number of aromatic amines is 1. The lowest BCUT2D eigenvalue weighted by Gasteiger charge is -2.30. The van der Waals surface area contributed by atoms with Crippen molar-refractivity contribution in [2.75, 3.05) is 6.26 Å². The molecule has 0 saturated heterocycles. The highest BCUT2D eigenvalue weighted by molar-refractivity contribution is 8.00. The molecule has 2 aromatic heterocycles. The molecule has 2 heterocycles. The molecule has 0 atom stereocenters. The van der Waals surface area contributed by atoms with E-state index >= 15 is 0 Å². The Morgan fingerprint density at radius 3 is 2.63 bits per heavy atom. The van der Waals surface area contributed by atoms with Gasteiger partial charge < -0.3 is 9.55 Å². The third-order valence-corrected chi connectivity index (χ3v) is 5.82. The summed E-state index contributed by atoms with van der Waals surface area (Å²) in [7, 11) is 0. The first kappa shape index (κ1) is 14.6. The van der Waals surface area contributed by atoms with Crippen LogP contribution >= 0.6 is 24.0 Å². The van der Waals surface area contributed by atoms with E-state index in [2.05, 4.69) is 40.7 Å². The van der Waals surface area contributed by atoms with Gasteiger partial charge in [0.05, 0.1) is 5.52 Å². The molecule has 0 aliphatic heterocycles. The van der Waals surface area contributed by atoms with Crippen LogP contribution in [0.4, 0.5) is 0 Å². The second kappa shape index (κ2) is 5.67. The molecule has 0 radical (unpaired) electrons. The predicted octanol–water partition coefficient (Wildman–Crippen LogP) is 4.32. The molecule has 0 aromatic carbocycles. The molecule has 2 aromatic rings. The Bertz CT molecular complexity index is 615. The van der Waals surface area contributed by atoms with Crippen LogP contribution in [0.15, 0.2) is 12.1 Å². The van der Waals surface area contributed by atoms with Gasteiger partial charge in [-0.2, -0.15) is 11.8 Å². The average molecular weight is 295 g/mol. The summed E-state index contributed by atoms with van der Waals surface area (Å²) >= 11 is 7.39. The minimum absolute atomic E-state index is 0.235. The third-order valence-electron chi connectivity index (χ3n) is 3.92. The maximum absolute atomic E-state index is 5.47. The van der Waals surface area contributed by atoms with E-state index in [0.717, 1.165) is 41.0 Å². The van der Waals surface area contributed by atoms with Gasteiger partial charge in [-0.3, -0.25) is 0 Å². The van der Waals surface area contributed by atoms with Gasteiger partial charge in [0.25, 0.3) is 0 Å². The van der Waals surface area contributed by atoms with Gasteiger partial charge in [0, 0.05) is 17.0 Å². The third kappa shape index (κ3) is 2.72. The molecule has 0 bridgehead atoms. The Morgan fingerprint density at radius 1 is 1.37 bits per heavy atom. The molecule has 19 heavy (non-hydrogen) atoms. The Hall–Kier alpha value is -0.810. The van der Waals surface area contributed by atoms with Crippen LogP contribution in [0, 0.1) is 11.7 Å². The first-order valence-electron chi connectivity index (χ1n) is 6.66. The van der Waals surface area contributed by atoms with Crippen molar-refractivity contribution in [3.8, 4) is 0 Å². The zero-order chi connectivity index (χ0) is 14.0. The maximum Gasteiger partial charge on any atom is 0.179 e. The number of nitrogens with zero attached hydrogens (tertiary/aromatic N) is 2. The zero-order valence-electron chi connectivity index (χ0n) is 12.0. The van der Waals surface area contributed by atoms with E-state index in [-0.39, 0.29) is 4.75 Å². The Kier molecular flexibility index (Phi) is 4.36. The minimum atomic E-state index is 0.235. The minimum Gasteiger partial charge on any atom is -0.329 e. The lowest BCUT2D eigenvalue weighted by molar-refractivity contribution is 0.469. The monoisotopic (exact) mass is 295 g/mol. The van der Waals surface area contributed by atoms with Crippen molar-refractivity contribution in [3.05, 3.63) is 22.6 Å². The fourth-order valence-electron chi connectivity index (χ4n) is 2.39. The van der Waals surface area contributed by atoms with Crippen molar-refractivity contribution in [1.29, 1.82) is 0 Å². The summed E-state index contributed by atoms with van der Waals surface area (Å²) in [6.45, 7) is 7.42. The summed E-state index contributed by atoms with van der Waals surface area (Å²) in [4.78, 5) is 7.89. The fourth-order valence-corrected chi connectivity index (χ4v) is 3.48. The van der Waals surface area contributed by atoms with Crippen molar-refractivity contribution in [2.24, 2.45) is 0 Å². The van der Waals surface area contributed by atoms with Crippen molar-refractivity contribution in [1.82, 2.24) is 14.5 Å². The summed E-state index contributed by atoms with van der Waals surface area (Å²) in [6.07, 6.45) is 4.44. The standard InChI is InChI=1S/C14H21N3S2/c1-5-14(6-2,19-4)9-17-12-11(16-13(17)18)8-7-10(3)15-12/h7-8H,5-6,9H2,1-4H3,(H,16,18). The van der Waals surface area contributed by atoms with Gasteiger partial charge in [0.2, 0.25) is 0 Å². The molecule has 5 heteroatoms. The van der Waals surface area contributed by atoms with Crippen molar-refractivity contribution in [3.63, 3.8) is 0 Å². The number of pyridine rings is 1. The summed E-state index contributed by atoms with van der Waals surface area (Å²) in [6, 6.07) is 4.07. The number of rotatable bonds is 5. The largest absolute Gasteiger partial charge is 0.329 e. The van der Waals surface area contributed by atoms with Crippen molar-refractivity contribution in [2.45, 2.75) is 44.9 Å². The van der Waals surface area contributed by atoms with E-state index in [0.29, 0.717) is 0 Å². The average Bonchev–Trinajstić information content (AvgIpc) is 2.72. The zero-order valence-corrected chi connectivity index (χ0v) is 13.6. The summed E-state index contributed by atoms with van der Waals surface area (Å²) in [5, 5.41) is 0. The number of nitrogens with one attached hydrogen (secondary N) is 1. The van der Waals surface area contributed by atoms with Gasteiger partial charge in [-0.15, -0.1) is 0 Å². The SMILES string of the molecule is CCC(CC)(Cn1c(=S)[nH]c2ccc(C)nc21)SC. The van der Waals surface area contributed by atoms with Gasteiger partial charge >= 0.3 is 0 Å². The number of aryl methyl sites for hydroxylation is 1. The number of aromatic nitrogens is 3. The van der Waals surface area contributed by atoms with Gasteiger partial charge in [-0.25, -0.2) is 4.98 Å². The van der Waals surface area contributed by atoms with E-state index in [1.165, 1.54) is 0 Å². The second-order valence-corrected chi connectivity index (χ2v) is 6.60. The molecule has 0 unspecified atom stereocenters. The highest BCUT2D eigenvalue weighted by Gasteiger charge is 2.26. The van der Waals surface area contributed by atoms with Gasteiger partial charge in [-0.05, 0) is 50.4 Å². The Balaban J connectivity index is 2.53. The molecule has 0 aliphatic rings. The van der Waals surface area contributed by atoms with E-state index in [1.54, 1.807) is 0 Å². The molecule has 0 amide bonds. The molecule has 2 rings (SSSR count). The van der Waals surface area contributed by atoms with Crippen LogP contribution in [0.5, 0.6) is 0 Å². The van der Waals surface area contributed by atoms with Crippen LogP contribution in [-0.2, 0) is 6.54 Å². The Morgan fingerprint density at radius 2 is 2.05 bits per heavy atom. The van der Waals surface area contributed by atoms with Gasteiger partial charge in [0.15, 0.2) is 10.4 Å². The maximum atomic E-state index is 5.47. The van der Waals surface area contributed by atoms with E-state index < -0.39 is 0 Å². The fraction of sp³-hybridized carbons (Fsp3) is 0.571. The van der Waals surface area contributed by atoms with Gasteiger partial charge in [-0.1, -0.05) is 13.8 Å². The lowest BCUT2D eigenvalue weighted by atomic mass is 10.0. The van der Waals surface area contributed by atoms with E-state index in [1.807, 2.05) is 24.8 Å². The highest BCUT2D eigenvalue weighted by atomic mass is 32.2. The number of thioether (sulfide) groups is 1. The number of H-pyrrole nitrogens is 1. The molecule has 0 fully saturated rings. The van der Waals surface area contributed by atoms with Crippen LogP contribution < -0.4 is 0 Å². The smallest absolute Gasteiger partial charge is 0.179 e. The number of fused-ring (bicyclic) bond motifs is 1. The highest BCUT2D eigenvalue weighted by Crippen LogP contribution is 2.33. The van der Waals surface area contributed by atoms with Crippen molar-refractivity contribution >= 4 is 35.1 Å². The van der Waals surface area contributed by atoms with Crippen LogP contribution in [0.1, 0.15) is 32.4 Å². The normalized spacial score (nSPS) is 12.2. The number of imidazole rings is 1. The molecule has 0 aliphatic carbocycles.